The number of hydrogen-bond acceptors (Lipinski definition) is 6. The molecule has 3 rings (SSSR count). The maximum atomic E-state index is 10.8. The van der Waals surface area contributed by atoms with Crippen LogP contribution in [0.2, 0.25) is 5.02 Å². The number of thioether (sulfide) groups is 1. The van der Waals surface area contributed by atoms with E-state index in [2.05, 4.69) is 23.8 Å². The summed E-state index contributed by atoms with van der Waals surface area (Å²) < 4.78 is 5.86. The molecule has 6 nitrogen and oxygen atoms in total. The zero-order valence-electron chi connectivity index (χ0n) is 15.3. The van der Waals surface area contributed by atoms with E-state index >= 15 is 0 Å². The Labute approximate surface area is 172 Å². The van der Waals surface area contributed by atoms with Gasteiger partial charge in [-0.2, -0.15) is 4.98 Å². The van der Waals surface area contributed by atoms with Crippen molar-refractivity contribution in [2.75, 3.05) is 0 Å². The number of rotatable bonds is 7. The smallest absolute Gasteiger partial charge is 0.269 e. The molecule has 0 N–H and O–H groups in total. The Morgan fingerprint density at radius 1 is 1.14 bits per heavy atom. The third kappa shape index (κ3) is 5.43. The zero-order valence-corrected chi connectivity index (χ0v) is 16.9. The average Bonchev–Trinajstić information content (AvgIpc) is 2.66. The molecule has 0 bridgehead atoms. The summed E-state index contributed by atoms with van der Waals surface area (Å²) in [5.74, 6) is 1.86. The van der Waals surface area contributed by atoms with Gasteiger partial charge in [0, 0.05) is 29.0 Å². The van der Waals surface area contributed by atoms with Gasteiger partial charge in [0.25, 0.3) is 5.69 Å². The molecule has 0 aliphatic heterocycles. The minimum atomic E-state index is -0.411. The number of ether oxygens (including phenoxy) is 1. The highest BCUT2D eigenvalue weighted by molar-refractivity contribution is 7.98. The fraction of sp³-hybridized carbons (Fsp3) is 0.200. The van der Waals surface area contributed by atoms with Crippen molar-refractivity contribution in [3.8, 4) is 11.6 Å². The molecule has 0 aliphatic carbocycles. The summed E-state index contributed by atoms with van der Waals surface area (Å²) in [5.41, 5.74) is 1.90. The van der Waals surface area contributed by atoms with E-state index in [1.165, 1.54) is 23.9 Å². The highest BCUT2D eigenvalue weighted by Crippen LogP contribution is 2.28. The van der Waals surface area contributed by atoms with Crippen molar-refractivity contribution < 1.29 is 9.66 Å². The average molecular weight is 416 g/mol. The Kier molecular flexibility index (Phi) is 6.49. The van der Waals surface area contributed by atoms with Gasteiger partial charge in [0.15, 0.2) is 5.16 Å². The van der Waals surface area contributed by atoms with Crippen LogP contribution >= 0.6 is 23.4 Å². The first-order valence-electron chi connectivity index (χ1n) is 8.59. The second-order valence-electron chi connectivity index (χ2n) is 6.34. The summed E-state index contributed by atoms with van der Waals surface area (Å²) in [4.78, 5) is 19.4. The molecular formula is C20H18ClN3O3S. The summed E-state index contributed by atoms with van der Waals surface area (Å²) in [6.07, 6.45) is 0. The Morgan fingerprint density at radius 3 is 2.54 bits per heavy atom. The molecule has 28 heavy (non-hydrogen) atoms. The van der Waals surface area contributed by atoms with Gasteiger partial charge in [0.2, 0.25) is 5.88 Å². The van der Waals surface area contributed by atoms with E-state index in [1.807, 2.05) is 18.2 Å². The summed E-state index contributed by atoms with van der Waals surface area (Å²) in [6, 6.07) is 15.4. The fourth-order valence-corrected chi connectivity index (χ4v) is 3.34. The van der Waals surface area contributed by atoms with Crippen LogP contribution in [-0.2, 0) is 5.75 Å². The van der Waals surface area contributed by atoms with Crippen molar-refractivity contribution in [3.63, 3.8) is 0 Å². The number of nitrogens with zero attached hydrogens (tertiary/aromatic N) is 3. The Bertz CT molecular complexity index is 981. The van der Waals surface area contributed by atoms with Crippen LogP contribution in [0.1, 0.15) is 31.0 Å². The predicted octanol–water partition coefficient (Wildman–Crippen LogP) is 6.25. The maximum absolute atomic E-state index is 10.8. The summed E-state index contributed by atoms with van der Waals surface area (Å²) in [5, 5.41) is 11.9. The molecule has 0 saturated heterocycles. The molecule has 0 amide bonds. The molecule has 0 aliphatic rings. The predicted molar refractivity (Wildman–Crippen MR) is 110 cm³/mol. The van der Waals surface area contributed by atoms with Gasteiger partial charge in [0.05, 0.1) is 10.6 Å². The lowest BCUT2D eigenvalue weighted by molar-refractivity contribution is -0.384. The number of nitro benzene ring substituents is 1. The highest BCUT2D eigenvalue weighted by atomic mass is 35.5. The molecule has 1 heterocycles. The zero-order chi connectivity index (χ0) is 20.1. The molecule has 0 atom stereocenters. The standard InChI is InChI=1S/C20H18ClN3O3S/c1-13(2)18-11-19(27-17-5-3-4-15(21)10-17)23-20(22-18)28-12-14-6-8-16(9-7-14)24(25)26/h3-11,13H,12H2,1-2H3. The van der Waals surface area contributed by atoms with Gasteiger partial charge in [0.1, 0.15) is 5.75 Å². The molecule has 0 unspecified atom stereocenters. The van der Waals surface area contributed by atoms with Gasteiger partial charge in [-0.1, -0.05) is 55.4 Å². The first-order chi connectivity index (χ1) is 13.4. The van der Waals surface area contributed by atoms with Crippen LogP contribution in [0.5, 0.6) is 11.6 Å². The number of hydrogen-bond donors (Lipinski definition) is 0. The molecule has 144 valence electrons. The molecule has 2 aromatic carbocycles. The molecular weight excluding hydrogens is 398 g/mol. The van der Waals surface area contributed by atoms with Gasteiger partial charge in [-0.15, -0.1) is 0 Å². The van der Waals surface area contributed by atoms with E-state index in [1.54, 1.807) is 24.3 Å². The van der Waals surface area contributed by atoms with E-state index in [9.17, 15) is 10.1 Å². The lowest BCUT2D eigenvalue weighted by atomic mass is 10.1. The SMILES string of the molecule is CC(C)c1cc(Oc2cccc(Cl)c2)nc(SCc2ccc([N+](=O)[O-])cc2)n1. The van der Waals surface area contributed by atoms with Crippen molar-refractivity contribution >= 4 is 29.1 Å². The van der Waals surface area contributed by atoms with Gasteiger partial charge >= 0.3 is 0 Å². The third-order valence-electron chi connectivity index (χ3n) is 3.83. The van der Waals surface area contributed by atoms with Crippen LogP contribution in [0.15, 0.2) is 59.8 Å². The van der Waals surface area contributed by atoms with Crippen LogP contribution in [0.25, 0.3) is 0 Å². The number of non-ortho nitro benzene ring substituents is 1. The summed E-state index contributed by atoms with van der Waals surface area (Å²) in [6.45, 7) is 4.10. The summed E-state index contributed by atoms with van der Waals surface area (Å²) >= 11 is 7.46. The lowest BCUT2D eigenvalue weighted by Crippen LogP contribution is -2.00. The fourth-order valence-electron chi connectivity index (χ4n) is 2.35. The third-order valence-corrected chi connectivity index (χ3v) is 4.98. The minimum absolute atomic E-state index is 0.0732. The van der Waals surface area contributed by atoms with E-state index in [4.69, 9.17) is 16.3 Å². The highest BCUT2D eigenvalue weighted by Gasteiger charge is 2.11. The molecule has 0 spiro atoms. The molecule has 1 aromatic heterocycles. The monoisotopic (exact) mass is 415 g/mol. The van der Waals surface area contributed by atoms with Crippen molar-refractivity contribution in [1.29, 1.82) is 0 Å². The van der Waals surface area contributed by atoms with Crippen LogP contribution in [-0.4, -0.2) is 14.9 Å². The maximum Gasteiger partial charge on any atom is 0.269 e. The molecule has 3 aromatic rings. The van der Waals surface area contributed by atoms with Gasteiger partial charge in [-0.05, 0) is 29.7 Å². The normalized spacial score (nSPS) is 10.9. The van der Waals surface area contributed by atoms with Crippen LogP contribution in [0.4, 0.5) is 5.69 Å². The van der Waals surface area contributed by atoms with Crippen LogP contribution < -0.4 is 4.74 Å². The second kappa shape index (κ2) is 9.03. The van der Waals surface area contributed by atoms with Gasteiger partial charge in [-0.25, -0.2) is 4.98 Å². The number of halogens is 1. The number of nitro groups is 1. The van der Waals surface area contributed by atoms with Gasteiger partial charge < -0.3 is 4.74 Å². The van der Waals surface area contributed by atoms with Crippen LogP contribution in [0, 0.1) is 10.1 Å². The Hall–Kier alpha value is -2.64. The first kappa shape index (κ1) is 20.1. The Morgan fingerprint density at radius 2 is 1.89 bits per heavy atom. The van der Waals surface area contributed by atoms with E-state index in [-0.39, 0.29) is 11.6 Å². The first-order valence-corrected chi connectivity index (χ1v) is 9.95. The quantitative estimate of drug-likeness (QED) is 0.196. The number of aromatic nitrogens is 2. The van der Waals surface area contributed by atoms with Gasteiger partial charge in [-0.3, -0.25) is 10.1 Å². The topological polar surface area (TPSA) is 78.2 Å². The summed E-state index contributed by atoms with van der Waals surface area (Å²) in [7, 11) is 0. The van der Waals surface area contributed by atoms with Crippen molar-refractivity contribution in [2.45, 2.75) is 30.7 Å². The van der Waals surface area contributed by atoms with E-state index in [0.717, 1.165) is 11.3 Å². The molecule has 0 saturated carbocycles. The lowest BCUT2D eigenvalue weighted by Gasteiger charge is -2.11. The van der Waals surface area contributed by atoms with Crippen molar-refractivity contribution in [2.24, 2.45) is 0 Å². The number of benzene rings is 2. The van der Waals surface area contributed by atoms with E-state index in [0.29, 0.717) is 27.6 Å². The Balaban J connectivity index is 1.77. The largest absolute Gasteiger partial charge is 0.439 e. The van der Waals surface area contributed by atoms with Crippen molar-refractivity contribution in [3.05, 3.63) is 81.0 Å². The minimum Gasteiger partial charge on any atom is -0.439 e. The molecule has 0 fully saturated rings. The van der Waals surface area contributed by atoms with E-state index < -0.39 is 4.92 Å². The van der Waals surface area contributed by atoms with Crippen LogP contribution in [0.3, 0.4) is 0 Å². The van der Waals surface area contributed by atoms with Crippen molar-refractivity contribution in [1.82, 2.24) is 9.97 Å². The molecule has 0 radical (unpaired) electrons. The molecule has 8 heteroatoms. The second-order valence-corrected chi connectivity index (χ2v) is 7.72.